The van der Waals surface area contributed by atoms with Crippen LogP contribution >= 0.6 is 0 Å². The Kier molecular flexibility index (Phi) is 1.41. The molecule has 10 heavy (non-hydrogen) atoms. The zero-order chi connectivity index (χ0) is 7.72. The standard InChI is InChI=1S/C5H7N3O2/c1-4-6-8(3-9)5(10)7(4)2/h3H,1-2H3. The summed E-state index contributed by atoms with van der Waals surface area (Å²) < 4.78 is 2.06. The zero-order valence-electron chi connectivity index (χ0n) is 5.74. The van der Waals surface area contributed by atoms with Gasteiger partial charge in [-0.3, -0.25) is 9.36 Å². The maximum Gasteiger partial charge on any atom is 0.352 e. The summed E-state index contributed by atoms with van der Waals surface area (Å²) in [6.45, 7) is 1.65. The Morgan fingerprint density at radius 2 is 2.20 bits per heavy atom. The van der Waals surface area contributed by atoms with Gasteiger partial charge in [-0.25, -0.2) is 4.79 Å². The molecule has 0 saturated carbocycles. The Balaban J connectivity index is 3.45. The highest BCUT2D eigenvalue weighted by molar-refractivity contribution is 5.49. The monoisotopic (exact) mass is 141 g/mol. The maximum absolute atomic E-state index is 10.9. The normalized spacial score (nSPS) is 9.80. The van der Waals surface area contributed by atoms with E-state index < -0.39 is 5.69 Å². The average molecular weight is 141 g/mol. The summed E-state index contributed by atoms with van der Waals surface area (Å²) in [5.41, 5.74) is -0.410. The minimum Gasteiger partial charge on any atom is -0.282 e. The second kappa shape index (κ2) is 2.09. The van der Waals surface area contributed by atoms with Crippen molar-refractivity contribution in [3.05, 3.63) is 16.3 Å². The van der Waals surface area contributed by atoms with Gasteiger partial charge < -0.3 is 0 Å². The molecule has 1 heterocycles. The van der Waals surface area contributed by atoms with Crippen LogP contribution in [0.5, 0.6) is 0 Å². The lowest BCUT2D eigenvalue weighted by molar-refractivity contribution is 0.537. The van der Waals surface area contributed by atoms with Crippen molar-refractivity contribution in [2.45, 2.75) is 6.92 Å². The Bertz CT molecular complexity index is 309. The van der Waals surface area contributed by atoms with Gasteiger partial charge in [0.05, 0.1) is 0 Å². The fourth-order valence-electron chi connectivity index (χ4n) is 0.627. The SMILES string of the molecule is Cc1nn(C=O)c(=O)n1C. The molecule has 0 aliphatic heterocycles. The van der Waals surface area contributed by atoms with Gasteiger partial charge in [-0.1, -0.05) is 0 Å². The van der Waals surface area contributed by atoms with Gasteiger partial charge >= 0.3 is 5.69 Å². The summed E-state index contributed by atoms with van der Waals surface area (Å²) >= 11 is 0. The number of hydrogen-bond donors (Lipinski definition) is 0. The third-order valence-corrected chi connectivity index (χ3v) is 1.32. The highest BCUT2D eigenvalue weighted by Gasteiger charge is 2.02. The molecule has 0 saturated heterocycles. The maximum atomic E-state index is 10.9. The topological polar surface area (TPSA) is 56.9 Å². The molecule has 5 heteroatoms. The van der Waals surface area contributed by atoms with Gasteiger partial charge in [0.2, 0.25) is 6.41 Å². The number of aromatic nitrogens is 3. The van der Waals surface area contributed by atoms with Crippen LogP contribution in [0.2, 0.25) is 0 Å². The van der Waals surface area contributed by atoms with Crippen molar-refractivity contribution in [3.8, 4) is 0 Å². The third kappa shape index (κ3) is 0.754. The molecular formula is C5H7N3O2. The largest absolute Gasteiger partial charge is 0.352 e. The van der Waals surface area contributed by atoms with E-state index in [9.17, 15) is 9.59 Å². The molecule has 1 aromatic heterocycles. The van der Waals surface area contributed by atoms with Crippen LogP contribution in [0.15, 0.2) is 4.79 Å². The van der Waals surface area contributed by atoms with Crippen molar-refractivity contribution in [3.63, 3.8) is 0 Å². The fraction of sp³-hybridized carbons (Fsp3) is 0.400. The van der Waals surface area contributed by atoms with Crippen molar-refractivity contribution < 1.29 is 4.79 Å². The first kappa shape index (κ1) is 6.73. The number of rotatable bonds is 1. The van der Waals surface area contributed by atoms with Crippen molar-refractivity contribution in [2.75, 3.05) is 0 Å². The number of aryl methyl sites for hydroxylation is 1. The first-order valence-corrected chi connectivity index (χ1v) is 2.74. The van der Waals surface area contributed by atoms with Crippen molar-refractivity contribution in [1.29, 1.82) is 0 Å². The predicted octanol–water partition coefficient (Wildman–Crippen LogP) is -1.07. The second-order valence-electron chi connectivity index (χ2n) is 1.94. The van der Waals surface area contributed by atoms with E-state index in [2.05, 4.69) is 5.10 Å². The van der Waals surface area contributed by atoms with Gasteiger partial charge in [-0.05, 0) is 6.92 Å². The van der Waals surface area contributed by atoms with Crippen molar-refractivity contribution in [1.82, 2.24) is 14.3 Å². The average Bonchev–Trinajstić information content (AvgIpc) is 2.17. The molecule has 0 aliphatic carbocycles. The summed E-state index contributed by atoms with van der Waals surface area (Å²) in [6, 6.07) is 0. The lowest BCUT2D eigenvalue weighted by Crippen LogP contribution is -2.22. The quantitative estimate of drug-likeness (QED) is 0.468. The van der Waals surface area contributed by atoms with E-state index in [4.69, 9.17) is 0 Å². The molecule has 1 aromatic rings. The summed E-state index contributed by atoms with van der Waals surface area (Å²) in [5, 5.41) is 3.63. The van der Waals surface area contributed by atoms with Gasteiger partial charge in [0.15, 0.2) is 0 Å². The van der Waals surface area contributed by atoms with Crippen LogP contribution in [0, 0.1) is 6.92 Å². The van der Waals surface area contributed by atoms with Gasteiger partial charge in [0.1, 0.15) is 5.82 Å². The molecule has 0 aromatic carbocycles. The van der Waals surface area contributed by atoms with E-state index in [0.717, 1.165) is 4.68 Å². The zero-order valence-corrected chi connectivity index (χ0v) is 5.74. The van der Waals surface area contributed by atoms with Crippen LogP contribution < -0.4 is 5.69 Å². The Labute approximate surface area is 56.9 Å². The molecule has 0 unspecified atom stereocenters. The molecule has 0 fully saturated rings. The summed E-state index contributed by atoms with van der Waals surface area (Å²) in [4.78, 5) is 20.9. The Morgan fingerprint density at radius 1 is 1.60 bits per heavy atom. The van der Waals surface area contributed by atoms with Gasteiger partial charge in [0.25, 0.3) is 0 Å². The molecular weight excluding hydrogens is 134 g/mol. The summed E-state index contributed by atoms with van der Waals surface area (Å²) in [5.74, 6) is 0.525. The van der Waals surface area contributed by atoms with E-state index in [0.29, 0.717) is 12.2 Å². The predicted molar refractivity (Wildman–Crippen MR) is 34.4 cm³/mol. The van der Waals surface area contributed by atoms with Crippen molar-refractivity contribution in [2.24, 2.45) is 7.05 Å². The molecule has 5 nitrogen and oxygen atoms in total. The number of carbonyl (C=O) groups excluding carboxylic acids is 1. The van der Waals surface area contributed by atoms with Gasteiger partial charge in [-0.2, -0.15) is 0 Å². The van der Waals surface area contributed by atoms with E-state index >= 15 is 0 Å². The molecule has 0 N–H and O–H groups in total. The summed E-state index contributed by atoms with van der Waals surface area (Å²) in [6.07, 6.45) is 0.384. The van der Waals surface area contributed by atoms with E-state index in [1.54, 1.807) is 14.0 Å². The van der Waals surface area contributed by atoms with Gasteiger partial charge in [0, 0.05) is 7.05 Å². The summed E-state index contributed by atoms with van der Waals surface area (Å²) in [7, 11) is 1.56. The van der Waals surface area contributed by atoms with Crippen LogP contribution in [0.25, 0.3) is 0 Å². The number of nitrogens with zero attached hydrogens (tertiary/aromatic N) is 3. The first-order valence-electron chi connectivity index (χ1n) is 2.74. The number of carbonyl (C=O) groups is 1. The molecule has 0 bridgehead atoms. The molecule has 0 aliphatic rings. The minimum absolute atomic E-state index is 0.384. The fourth-order valence-corrected chi connectivity index (χ4v) is 0.627. The second-order valence-corrected chi connectivity index (χ2v) is 1.94. The first-order chi connectivity index (χ1) is 4.66. The van der Waals surface area contributed by atoms with Crippen LogP contribution in [0.3, 0.4) is 0 Å². The lowest BCUT2D eigenvalue weighted by Gasteiger charge is -1.83. The van der Waals surface area contributed by atoms with Gasteiger partial charge in [-0.15, -0.1) is 9.78 Å². The van der Waals surface area contributed by atoms with Crippen LogP contribution in [0.1, 0.15) is 5.82 Å². The molecule has 54 valence electrons. The lowest BCUT2D eigenvalue weighted by atomic mass is 10.7. The van der Waals surface area contributed by atoms with E-state index in [1.165, 1.54) is 4.57 Å². The highest BCUT2D eigenvalue weighted by atomic mass is 16.2. The number of hydrogen-bond acceptors (Lipinski definition) is 3. The minimum atomic E-state index is -0.410. The van der Waals surface area contributed by atoms with E-state index in [1.807, 2.05) is 0 Å². The smallest absolute Gasteiger partial charge is 0.282 e. The molecule has 0 radical (unpaired) electrons. The molecule has 1 rings (SSSR count). The Hall–Kier alpha value is -1.39. The van der Waals surface area contributed by atoms with Crippen LogP contribution in [0.4, 0.5) is 0 Å². The van der Waals surface area contributed by atoms with Crippen LogP contribution in [-0.4, -0.2) is 20.8 Å². The molecule has 0 amide bonds. The highest BCUT2D eigenvalue weighted by Crippen LogP contribution is 1.81. The van der Waals surface area contributed by atoms with Crippen molar-refractivity contribution >= 4 is 6.41 Å². The Morgan fingerprint density at radius 3 is 2.40 bits per heavy atom. The third-order valence-electron chi connectivity index (χ3n) is 1.32. The molecule has 0 atom stereocenters. The molecule has 0 spiro atoms. The van der Waals surface area contributed by atoms with E-state index in [-0.39, 0.29) is 0 Å². The van der Waals surface area contributed by atoms with Crippen LogP contribution in [-0.2, 0) is 11.8 Å².